The Morgan fingerprint density at radius 2 is 2.05 bits per heavy atom. The fourth-order valence-corrected chi connectivity index (χ4v) is 1.81. The topological polar surface area (TPSA) is 96.8 Å². The van der Waals surface area contributed by atoms with Crippen molar-refractivity contribution in [2.75, 3.05) is 24.2 Å². The second-order valence-electron chi connectivity index (χ2n) is 4.56. The average Bonchev–Trinajstić information content (AvgIpc) is 2.49. The largest absolute Gasteiger partial charge is 0.490 e. The molecule has 0 unspecified atom stereocenters. The molecule has 21 heavy (non-hydrogen) atoms. The summed E-state index contributed by atoms with van der Waals surface area (Å²) in [6.45, 7) is 4.59. The summed E-state index contributed by atoms with van der Waals surface area (Å²) >= 11 is 0. The first-order chi connectivity index (χ1) is 10.1. The Labute approximate surface area is 123 Å². The van der Waals surface area contributed by atoms with Crippen LogP contribution in [-0.4, -0.2) is 23.3 Å². The van der Waals surface area contributed by atoms with E-state index in [-0.39, 0.29) is 0 Å². The summed E-state index contributed by atoms with van der Waals surface area (Å²) in [5.74, 6) is 1.12. The van der Waals surface area contributed by atoms with Gasteiger partial charge in [0.15, 0.2) is 5.82 Å². The van der Waals surface area contributed by atoms with Crippen LogP contribution in [-0.2, 0) is 0 Å². The van der Waals surface area contributed by atoms with Gasteiger partial charge in [-0.2, -0.15) is 10.4 Å². The second kappa shape index (κ2) is 6.57. The average molecular weight is 283 g/mol. The van der Waals surface area contributed by atoms with Crippen molar-refractivity contribution in [2.45, 2.75) is 13.8 Å². The van der Waals surface area contributed by atoms with E-state index in [0.717, 1.165) is 11.3 Å². The van der Waals surface area contributed by atoms with Gasteiger partial charge in [0.05, 0.1) is 17.9 Å². The zero-order valence-electron chi connectivity index (χ0n) is 12.1. The molecule has 108 valence electrons. The Morgan fingerprint density at radius 1 is 1.29 bits per heavy atom. The Bertz CT molecular complexity index is 678. The molecular formula is C15H17N5O. The molecule has 0 aliphatic carbocycles. The zero-order chi connectivity index (χ0) is 15.2. The van der Waals surface area contributed by atoms with Gasteiger partial charge < -0.3 is 15.8 Å². The molecule has 0 aliphatic rings. The van der Waals surface area contributed by atoms with E-state index in [1.807, 2.05) is 32.0 Å². The quantitative estimate of drug-likeness (QED) is 0.644. The van der Waals surface area contributed by atoms with Gasteiger partial charge in [0, 0.05) is 0 Å². The first kappa shape index (κ1) is 14.6. The number of aromatic nitrogens is 2. The normalized spacial score (nSPS) is 9.95. The Balaban J connectivity index is 1.94. The zero-order valence-corrected chi connectivity index (χ0v) is 12.1. The highest BCUT2D eigenvalue weighted by molar-refractivity contribution is 5.56. The predicted octanol–water partition coefficient (Wildman–Crippen LogP) is 2.04. The molecule has 0 spiro atoms. The molecule has 0 radical (unpaired) electrons. The van der Waals surface area contributed by atoms with Gasteiger partial charge >= 0.3 is 0 Å². The molecule has 1 aromatic heterocycles. The minimum atomic E-state index is 0.410. The van der Waals surface area contributed by atoms with Gasteiger partial charge in [-0.1, -0.05) is 12.1 Å². The standard InChI is InChI=1S/C15H17N5O/c1-10-11(2)19-20-15(12(10)9-16)18-7-8-21-14-6-4-3-5-13(14)17/h3-6H,7-8,17H2,1-2H3,(H,18,20). The third-order valence-corrected chi connectivity index (χ3v) is 3.14. The lowest BCUT2D eigenvalue weighted by molar-refractivity contribution is 0.334. The van der Waals surface area contributed by atoms with Gasteiger partial charge in [-0.25, -0.2) is 0 Å². The number of nitrogen functional groups attached to an aromatic ring is 1. The number of aryl methyl sites for hydroxylation is 1. The fraction of sp³-hybridized carbons (Fsp3) is 0.267. The van der Waals surface area contributed by atoms with Gasteiger partial charge in [-0.05, 0) is 31.5 Å². The fourth-order valence-electron chi connectivity index (χ4n) is 1.81. The molecule has 3 N–H and O–H groups in total. The first-order valence-electron chi connectivity index (χ1n) is 6.58. The summed E-state index contributed by atoms with van der Waals surface area (Å²) in [5, 5.41) is 20.3. The van der Waals surface area contributed by atoms with Crippen LogP contribution < -0.4 is 15.8 Å². The van der Waals surface area contributed by atoms with E-state index in [4.69, 9.17) is 10.5 Å². The molecule has 1 heterocycles. The van der Waals surface area contributed by atoms with Crippen molar-refractivity contribution < 1.29 is 4.74 Å². The van der Waals surface area contributed by atoms with Gasteiger partial charge in [0.25, 0.3) is 0 Å². The highest BCUT2D eigenvalue weighted by Gasteiger charge is 2.10. The molecule has 0 bridgehead atoms. The van der Waals surface area contributed by atoms with E-state index >= 15 is 0 Å². The van der Waals surface area contributed by atoms with Crippen molar-refractivity contribution in [3.63, 3.8) is 0 Å². The maximum absolute atomic E-state index is 9.19. The summed E-state index contributed by atoms with van der Waals surface area (Å²) in [7, 11) is 0. The molecule has 2 aromatic rings. The molecular weight excluding hydrogens is 266 g/mol. The molecule has 0 saturated carbocycles. The van der Waals surface area contributed by atoms with Crippen LogP contribution in [0.15, 0.2) is 24.3 Å². The minimum absolute atomic E-state index is 0.410. The number of ether oxygens (including phenoxy) is 1. The molecule has 0 amide bonds. The summed E-state index contributed by atoms with van der Waals surface area (Å²) in [5.41, 5.74) is 8.49. The number of benzene rings is 1. The Morgan fingerprint density at radius 3 is 2.76 bits per heavy atom. The van der Waals surface area contributed by atoms with E-state index in [2.05, 4.69) is 21.6 Å². The molecule has 0 aliphatic heterocycles. The van der Waals surface area contributed by atoms with Gasteiger partial charge in [0.2, 0.25) is 0 Å². The number of nitriles is 1. The van der Waals surface area contributed by atoms with Crippen LogP contribution in [0.4, 0.5) is 11.5 Å². The Hall–Kier alpha value is -2.81. The van der Waals surface area contributed by atoms with Gasteiger partial charge in [-0.15, -0.1) is 5.10 Å². The van der Waals surface area contributed by atoms with Crippen LogP contribution in [0.25, 0.3) is 0 Å². The highest BCUT2D eigenvalue weighted by Crippen LogP contribution is 2.20. The number of hydrogen-bond donors (Lipinski definition) is 2. The van der Waals surface area contributed by atoms with Crippen molar-refractivity contribution in [1.82, 2.24) is 10.2 Å². The SMILES string of the molecule is Cc1nnc(NCCOc2ccccc2N)c(C#N)c1C. The Kier molecular flexibility index (Phi) is 4.57. The van der Waals surface area contributed by atoms with Crippen LogP contribution in [0, 0.1) is 25.2 Å². The third-order valence-electron chi connectivity index (χ3n) is 3.14. The van der Waals surface area contributed by atoms with Crippen LogP contribution in [0.3, 0.4) is 0 Å². The van der Waals surface area contributed by atoms with Crippen LogP contribution in [0.2, 0.25) is 0 Å². The number of hydrogen-bond acceptors (Lipinski definition) is 6. The predicted molar refractivity (Wildman–Crippen MR) is 81.1 cm³/mol. The summed E-state index contributed by atoms with van der Waals surface area (Å²) in [6, 6.07) is 9.46. The number of nitrogens with one attached hydrogen (secondary N) is 1. The summed E-state index contributed by atoms with van der Waals surface area (Å²) in [4.78, 5) is 0. The molecule has 0 atom stereocenters. The van der Waals surface area contributed by atoms with Gasteiger partial charge in [0.1, 0.15) is 24.0 Å². The first-order valence-corrected chi connectivity index (χ1v) is 6.58. The summed E-state index contributed by atoms with van der Waals surface area (Å²) < 4.78 is 5.57. The number of nitrogens with zero attached hydrogens (tertiary/aromatic N) is 3. The second-order valence-corrected chi connectivity index (χ2v) is 4.56. The number of anilines is 2. The number of para-hydroxylation sites is 2. The lowest BCUT2D eigenvalue weighted by Crippen LogP contribution is -2.15. The molecule has 6 nitrogen and oxygen atoms in total. The number of rotatable bonds is 5. The lowest BCUT2D eigenvalue weighted by atomic mass is 10.1. The van der Waals surface area contributed by atoms with Crippen molar-refractivity contribution in [3.8, 4) is 11.8 Å². The van der Waals surface area contributed by atoms with E-state index in [9.17, 15) is 5.26 Å². The minimum Gasteiger partial charge on any atom is -0.490 e. The third kappa shape index (κ3) is 3.39. The van der Waals surface area contributed by atoms with Crippen LogP contribution in [0.1, 0.15) is 16.8 Å². The monoisotopic (exact) mass is 283 g/mol. The van der Waals surface area contributed by atoms with E-state index in [1.165, 1.54) is 0 Å². The maximum Gasteiger partial charge on any atom is 0.167 e. The molecule has 1 aromatic carbocycles. The molecule has 0 saturated heterocycles. The molecule has 2 rings (SSSR count). The van der Waals surface area contributed by atoms with E-state index in [1.54, 1.807) is 6.07 Å². The smallest absolute Gasteiger partial charge is 0.167 e. The van der Waals surface area contributed by atoms with E-state index < -0.39 is 0 Å². The van der Waals surface area contributed by atoms with Crippen molar-refractivity contribution >= 4 is 11.5 Å². The molecule has 6 heteroatoms. The van der Waals surface area contributed by atoms with Gasteiger partial charge in [-0.3, -0.25) is 0 Å². The maximum atomic E-state index is 9.19. The lowest BCUT2D eigenvalue weighted by Gasteiger charge is -2.11. The highest BCUT2D eigenvalue weighted by atomic mass is 16.5. The number of nitrogens with two attached hydrogens (primary N) is 1. The van der Waals surface area contributed by atoms with Crippen LogP contribution in [0.5, 0.6) is 5.75 Å². The van der Waals surface area contributed by atoms with Crippen molar-refractivity contribution in [1.29, 1.82) is 5.26 Å². The van der Waals surface area contributed by atoms with E-state index in [0.29, 0.717) is 36.0 Å². The van der Waals surface area contributed by atoms with Crippen molar-refractivity contribution in [2.24, 2.45) is 0 Å². The molecule has 0 fully saturated rings. The summed E-state index contributed by atoms with van der Waals surface area (Å²) in [6.07, 6.45) is 0. The van der Waals surface area contributed by atoms with Crippen molar-refractivity contribution in [3.05, 3.63) is 41.1 Å². The van der Waals surface area contributed by atoms with Crippen LogP contribution >= 0.6 is 0 Å².